The molecule has 0 aromatic carbocycles. The molecule has 6 heteroatoms. The largest absolute Gasteiger partial charge is 0.381 e. The minimum Gasteiger partial charge on any atom is -0.381 e. The molecule has 0 saturated heterocycles. The molecule has 0 bridgehead atoms. The number of ketones is 1. The molecule has 166 valence electrons. The molecule has 2 N–H and O–H groups in total. The SMILES string of the molecule is CC(C)COCCCNC(=O)CCCC(=O)NC1CCC(C(=O)C(C)C)CC1.[HH].[HH]. The zero-order valence-corrected chi connectivity index (χ0v) is 18.2. The predicted octanol–water partition coefficient (Wildman–Crippen LogP) is 3.73. The smallest absolute Gasteiger partial charge is 0.220 e. The Morgan fingerprint density at radius 3 is 2.21 bits per heavy atom. The Morgan fingerprint density at radius 2 is 1.61 bits per heavy atom. The van der Waals surface area contributed by atoms with Gasteiger partial charge in [0.1, 0.15) is 5.78 Å². The van der Waals surface area contributed by atoms with Gasteiger partial charge in [0.15, 0.2) is 0 Å². The van der Waals surface area contributed by atoms with Gasteiger partial charge < -0.3 is 15.4 Å². The summed E-state index contributed by atoms with van der Waals surface area (Å²) >= 11 is 0. The van der Waals surface area contributed by atoms with Crippen LogP contribution in [0.3, 0.4) is 0 Å². The van der Waals surface area contributed by atoms with Gasteiger partial charge in [-0.1, -0.05) is 27.7 Å². The molecule has 0 aromatic heterocycles. The minimum absolute atomic E-state index is 0. The number of rotatable bonds is 13. The molecule has 0 atom stereocenters. The average Bonchev–Trinajstić information content (AvgIpc) is 2.64. The predicted molar refractivity (Wildman–Crippen MR) is 115 cm³/mol. The molecule has 1 aliphatic rings. The fourth-order valence-electron chi connectivity index (χ4n) is 3.51. The van der Waals surface area contributed by atoms with Gasteiger partial charge >= 0.3 is 0 Å². The minimum atomic E-state index is -0.00985. The highest BCUT2D eigenvalue weighted by Gasteiger charge is 2.28. The fraction of sp³-hybridized carbons (Fsp3) is 0.864. The van der Waals surface area contributed by atoms with Crippen LogP contribution in [-0.2, 0) is 19.1 Å². The quantitative estimate of drug-likeness (QED) is 0.461. The van der Waals surface area contributed by atoms with Crippen LogP contribution in [0.15, 0.2) is 0 Å². The van der Waals surface area contributed by atoms with E-state index in [9.17, 15) is 14.4 Å². The van der Waals surface area contributed by atoms with Gasteiger partial charge in [0.2, 0.25) is 11.8 Å². The van der Waals surface area contributed by atoms with Crippen LogP contribution >= 0.6 is 0 Å². The summed E-state index contributed by atoms with van der Waals surface area (Å²) in [5, 5.41) is 5.93. The van der Waals surface area contributed by atoms with E-state index in [1.807, 2.05) is 13.8 Å². The van der Waals surface area contributed by atoms with Crippen molar-refractivity contribution >= 4 is 17.6 Å². The van der Waals surface area contributed by atoms with Crippen molar-refractivity contribution in [1.29, 1.82) is 0 Å². The second-order valence-corrected chi connectivity index (χ2v) is 8.70. The highest BCUT2D eigenvalue weighted by molar-refractivity contribution is 5.83. The first kappa shape index (κ1) is 24.6. The number of hydrogen-bond donors (Lipinski definition) is 2. The molecule has 0 aromatic rings. The molecule has 1 fully saturated rings. The van der Waals surface area contributed by atoms with E-state index in [-0.39, 0.29) is 32.5 Å². The van der Waals surface area contributed by atoms with E-state index in [1.165, 1.54) is 0 Å². The summed E-state index contributed by atoms with van der Waals surface area (Å²) in [6, 6.07) is 0.170. The highest BCUT2D eigenvalue weighted by atomic mass is 16.5. The second kappa shape index (κ2) is 13.7. The average molecular weight is 401 g/mol. The topological polar surface area (TPSA) is 84.5 Å². The number of carbonyl (C=O) groups is 3. The fourth-order valence-corrected chi connectivity index (χ4v) is 3.51. The highest BCUT2D eigenvalue weighted by Crippen LogP contribution is 2.27. The summed E-state index contributed by atoms with van der Waals surface area (Å²) in [4.78, 5) is 35.9. The Bertz CT molecular complexity index is 494. The van der Waals surface area contributed by atoms with E-state index < -0.39 is 0 Å². The number of hydrogen-bond acceptors (Lipinski definition) is 4. The molecule has 1 rings (SSSR count). The second-order valence-electron chi connectivity index (χ2n) is 8.70. The molecular weight excluding hydrogens is 356 g/mol. The third-order valence-electron chi connectivity index (χ3n) is 5.11. The lowest BCUT2D eigenvalue weighted by molar-refractivity contribution is -0.127. The zero-order valence-electron chi connectivity index (χ0n) is 18.2. The monoisotopic (exact) mass is 400 g/mol. The van der Waals surface area contributed by atoms with E-state index in [0.717, 1.165) is 38.7 Å². The van der Waals surface area contributed by atoms with Gasteiger partial charge in [-0.15, -0.1) is 0 Å². The van der Waals surface area contributed by atoms with Gasteiger partial charge in [-0.05, 0) is 44.4 Å². The number of amides is 2. The lowest BCUT2D eigenvalue weighted by atomic mass is 9.80. The van der Waals surface area contributed by atoms with Crippen molar-refractivity contribution in [2.24, 2.45) is 17.8 Å². The van der Waals surface area contributed by atoms with Crippen molar-refractivity contribution in [2.45, 2.75) is 85.1 Å². The molecule has 0 aliphatic heterocycles. The summed E-state index contributed by atoms with van der Waals surface area (Å²) in [6.07, 6.45) is 5.58. The van der Waals surface area contributed by atoms with Crippen molar-refractivity contribution in [1.82, 2.24) is 10.6 Å². The summed E-state index contributed by atoms with van der Waals surface area (Å²) in [7, 11) is 0. The number of carbonyl (C=O) groups excluding carboxylic acids is 3. The standard InChI is InChI=1S/C22H40N2O4.2H2/c1-16(2)15-28-14-6-13-23-20(25)7-5-8-21(26)24-19-11-9-18(10-12-19)22(27)17(3)4;;/h16-19H,5-15H2,1-4H3,(H,23,25)(H,24,26);2*1H. The van der Waals surface area contributed by atoms with Crippen LogP contribution in [0.4, 0.5) is 0 Å². The summed E-state index contributed by atoms with van der Waals surface area (Å²) in [6.45, 7) is 10.1. The van der Waals surface area contributed by atoms with Crippen molar-refractivity contribution in [3.05, 3.63) is 0 Å². The van der Waals surface area contributed by atoms with Crippen LogP contribution in [0, 0.1) is 17.8 Å². The van der Waals surface area contributed by atoms with Crippen LogP contribution in [0.5, 0.6) is 0 Å². The molecule has 1 saturated carbocycles. The van der Waals surface area contributed by atoms with E-state index in [4.69, 9.17) is 4.74 Å². The van der Waals surface area contributed by atoms with E-state index >= 15 is 0 Å². The van der Waals surface area contributed by atoms with Gasteiger partial charge in [0.05, 0.1) is 0 Å². The summed E-state index contributed by atoms with van der Waals surface area (Å²) in [5.41, 5.74) is 0. The Balaban J connectivity index is 0. The molecule has 1 aliphatic carbocycles. The maximum atomic E-state index is 12.1. The maximum Gasteiger partial charge on any atom is 0.220 e. The van der Waals surface area contributed by atoms with Crippen molar-refractivity contribution in [2.75, 3.05) is 19.8 Å². The third kappa shape index (κ3) is 10.8. The molecule has 0 radical (unpaired) electrons. The third-order valence-corrected chi connectivity index (χ3v) is 5.11. The molecule has 0 unspecified atom stereocenters. The van der Waals surface area contributed by atoms with E-state index in [0.29, 0.717) is 44.1 Å². The first-order chi connectivity index (χ1) is 13.3. The van der Waals surface area contributed by atoms with Crippen LogP contribution < -0.4 is 10.6 Å². The number of ether oxygens (including phenoxy) is 1. The Labute approximate surface area is 173 Å². The van der Waals surface area contributed by atoms with Crippen molar-refractivity contribution < 1.29 is 22.0 Å². The number of nitrogens with one attached hydrogen (secondary N) is 2. The lowest BCUT2D eigenvalue weighted by Crippen LogP contribution is -2.39. The Morgan fingerprint density at radius 1 is 0.964 bits per heavy atom. The first-order valence-corrected chi connectivity index (χ1v) is 11.0. The van der Waals surface area contributed by atoms with Crippen LogP contribution in [0.25, 0.3) is 0 Å². The van der Waals surface area contributed by atoms with Crippen LogP contribution in [0.1, 0.15) is 81.9 Å². The summed E-state index contributed by atoms with van der Waals surface area (Å²) < 4.78 is 5.47. The Kier molecular flexibility index (Phi) is 12.0. The van der Waals surface area contributed by atoms with E-state index in [1.54, 1.807) is 0 Å². The molecule has 28 heavy (non-hydrogen) atoms. The molecule has 0 spiro atoms. The van der Waals surface area contributed by atoms with Gasteiger partial charge in [-0.25, -0.2) is 0 Å². The molecular formula is C22H44N2O4. The number of Topliss-reactive ketones (excluding diaryl/α,β-unsaturated/α-hetero) is 1. The van der Waals surface area contributed by atoms with Crippen molar-refractivity contribution in [3.8, 4) is 0 Å². The normalized spacial score (nSPS) is 19.6. The van der Waals surface area contributed by atoms with Gasteiger partial charge in [0, 0.05) is 53.3 Å². The lowest BCUT2D eigenvalue weighted by Gasteiger charge is -2.29. The molecule has 2 amide bonds. The van der Waals surface area contributed by atoms with Crippen molar-refractivity contribution in [3.63, 3.8) is 0 Å². The van der Waals surface area contributed by atoms with E-state index in [2.05, 4.69) is 24.5 Å². The zero-order chi connectivity index (χ0) is 20.9. The Hall–Kier alpha value is -1.43. The molecule has 0 heterocycles. The first-order valence-electron chi connectivity index (χ1n) is 11.0. The van der Waals surface area contributed by atoms with Crippen LogP contribution in [-0.4, -0.2) is 43.4 Å². The van der Waals surface area contributed by atoms with Crippen LogP contribution in [0.2, 0.25) is 0 Å². The molecule has 6 nitrogen and oxygen atoms in total. The van der Waals surface area contributed by atoms with Gasteiger partial charge in [-0.2, -0.15) is 0 Å². The summed E-state index contributed by atoms with van der Waals surface area (Å²) in [5.74, 6) is 1.13. The maximum absolute atomic E-state index is 12.1. The van der Waals surface area contributed by atoms with Gasteiger partial charge in [0.25, 0.3) is 0 Å². The van der Waals surface area contributed by atoms with Gasteiger partial charge in [-0.3, -0.25) is 14.4 Å².